The number of benzene rings is 2. The number of halogens is 1. The molecule has 0 saturated heterocycles. The molecule has 128 valence electrons. The van der Waals surface area contributed by atoms with Crippen LogP contribution in [0.25, 0.3) is 0 Å². The molecule has 6 heteroatoms. The summed E-state index contributed by atoms with van der Waals surface area (Å²) in [5, 5.41) is 6.96. The molecule has 1 N–H and O–H groups in total. The first kappa shape index (κ1) is 17.6. The molecule has 2 aromatic carbocycles. The molecule has 4 nitrogen and oxygen atoms in total. The highest BCUT2D eigenvalue weighted by molar-refractivity contribution is 7.99. The van der Waals surface area contributed by atoms with E-state index in [9.17, 15) is 4.79 Å². The summed E-state index contributed by atoms with van der Waals surface area (Å²) in [4.78, 5) is 12.8. The topological polar surface area (TPSA) is 55.1 Å². The van der Waals surface area contributed by atoms with Gasteiger partial charge in [-0.2, -0.15) is 0 Å². The number of aryl methyl sites for hydroxylation is 1. The van der Waals surface area contributed by atoms with Crippen molar-refractivity contribution in [2.45, 2.75) is 17.9 Å². The highest BCUT2D eigenvalue weighted by Crippen LogP contribution is 2.34. The van der Waals surface area contributed by atoms with Gasteiger partial charge in [0.25, 0.3) is 0 Å². The molecule has 0 aliphatic rings. The summed E-state index contributed by atoms with van der Waals surface area (Å²) >= 11 is 7.75. The van der Waals surface area contributed by atoms with Crippen molar-refractivity contribution in [1.29, 1.82) is 0 Å². The summed E-state index contributed by atoms with van der Waals surface area (Å²) in [6, 6.07) is 19.0. The van der Waals surface area contributed by atoms with Crippen molar-refractivity contribution in [2.24, 2.45) is 0 Å². The summed E-state index contributed by atoms with van der Waals surface area (Å²) in [7, 11) is 0. The van der Waals surface area contributed by atoms with Crippen LogP contribution in [-0.2, 0) is 10.5 Å². The molecule has 0 aliphatic heterocycles. The van der Waals surface area contributed by atoms with E-state index in [4.69, 9.17) is 16.1 Å². The summed E-state index contributed by atoms with van der Waals surface area (Å²) in [6.45, 7) is 1.78. The lowest BCUT2D eigenvalue weighted by molar-refractivity contribution is -0.115. The Morgan fingerprint density at radius 1 is 1.20 bits per heavy atom. The fourth-order valence-corrected chi connectivity index (χ4v) is 3.80. The minimum Gasteiger partial charge on any atom is -0.360 e. The predicted octanol–water partition coefficient (Wildman–Crippen LogP) is 5.25. The number of nitrogens with one attached hydrogen (secondary N) is 1. The van der Waals surface area contributed by atoms with E-state index in [-0.39, 0.29) is 11.2 Å². The summed E-state index contributed by atoms with van der Waals surface area (Å²) in [6.07, 6.45) is 0. The average Bonchev–Trinajstić information content (AvgIpc) is 3.02. The van der Waals surface area contributed by atoms with Gasteiger partial charge in [0.15, 0.2) is 5.82 Å². The Kier molecular flexibility index (Phi) is 5.79. The Bertz CT molecular complexity index is 851. The van der Waals surface area contributed by atoms with E-state index in [2.05, 4.69) is 10.5 Å². The predicted molar refractivity (Wildman–Crippen MR) is 102 cm³/mol. The van der Waals surface area contributed by atoms with Gasteiger partial charge in [0.1, 0.15) is 11.0 Å². The van der Waals surface area contributed by atoms with Crippen molar-refractivity contribution < 1.29 is 9.32 Å². The van der Waals surface area contributed by atoms with Crippen LogP contribution in [0.15, 0.2) is 65.2 Å². The van der Waals surface area contributed by atoms with Crippen LogP contribution in [0.4, 0.5) is 5.82 Å². The van der Waals surface area contributed by atoms with Gasteiger partial charge >= 0.3 is 0 Å². The van der Waals surface area contributed by atoms with Crippen molar-refractivity contribution in [3.05, 3.63) is 82.6 Å². The van der Waals surface area contributed by atoms with Gasteiger partial charge in [-0.15, -0.1) is 11.8 Å². The lowest BCUT2D eigenvalue weighted by Gasteiger charge is -2.16. The van der Waals surface area contributed by atoms with E-state index in [0.29, 0.717) is 22.4 Å². The molecule has 0 bridgehead atoms. The average molecular weight is 373 g/mol. The number of anilines is 1. The fraction of sp³-hybridized carbons (Fsp3) is 0.158. The molecule has 25 heavy (non-hydrogen) atoms. The molecule has 0 fully saturated rings. The van der Waals surface area contributed by atoms with Gasteiger partial charge in [-0.25, -0.2) is 0 Å². The van der Waals surface area contributed by atoms with Crippen molar-refractivity contribution >= 4 is 35.1 Å². The maximum absolute atomic E-state index is 12.8. The van der Waals surface area contributed by atoms with Gasteiger partial charge in [0.05, 0.1) is 0 Å². The van der Waals surface area contributed by atoms with Crippen molar-refractivity contribution in [1.82, 2.24) is 5.16 Å². The Balaban J connectivity index is 1.77. The maximum Gasteiger partial charge on any atom is 0.243 e. The zero-order valence-electron chi connectivity index (χ0n) is 13.6. The molecule has 3 rings (SSSR count). The monoisotopic (exact) mass is 372 g/mol. The molecule has 1 amide bonds. The van der Waals surface area contributed by atoms with Gasteiger partial charge in [-0.05, 0) is 24.1 Å². The zero-order valence-corrected chi connectivity index (χ0v) is 15.2. The minimum atomic E-state index is -0.380. The second kappa shape index (κ2) is 8.23. The standard InChI is InChI=1S/C19H17ClN2O2S/c1-13-11-17(22-24-13)21-19(23)18(14-7-3-2-4-8-14)25-12-15-9-5-6-10-16(15)20/h2-11,18H,12H2,1H3,(H,21,22,23). The molecule has 1 heterocycles. The number of carbonyl (C=O) groups excluding carboxylic acids is 1. The second-order valence-corrected chi connectivity index (χ2v) is 7.01. The number of nitrogens with zero attached hydrogens (tertiary/aromatic N) is 1. The molecule has 0 aliphatic carbocycles. The van der Waals surface area contributed by atoms with Gasteiger partial charge in [-0.3, -0.25) is 4.79 Å². The number of thioether (sulfide) groups is 1. The highest BCUT2D eigenvalue weighted by atomic mass is 35.5. The summed E-state index contributed by atoms with van der Waals surface area (Å²) in [5.74, 6) is 1.55. The molecule has 1 aromatic heterocycles. The van der Waals surface area contributed by atoms with E-state index in [0.717, 1.165) is 11.1 Å². The number of amides is 1. The van der Waals surface area contributed by atoms with Gasteiger partial charge < -0.3 is 9.84 Å². The Morgan fingerprint density at radius 2 is 1.92 bits per heavy atom. The minimum absolute atomic E-state index is 0.142. The Labute approximate surface area is 155 Å². The molecule has 1 atom stereocenters. The van der Waals surface area contributed by atoms with E-state index < -0.39 is 0 Å². The SMILES string of the molecule is Cc1cc(NC(=O)C(SCc2ccccc2Cl)c2ccccc2)no1. The van der Waals surface area contributed by atoms with Crippen LogP contribution in [0.1, 0.15) is 22.1 Å². The van der Waals surface area contributed by atoms with E-state index in [1.54, 1.807) is 13.0 Å². The second-order valence-electron chi connectivity index (χ2n) is 5.51. The Hall–Kier alpha value is -2.24. The molecular formula is C19H17ClN2O2S. The number of rotatable bonds is 6. The van der Waals surface area contributed by atoms with Crippen molar-refractivity contribution in [2.75, 3.05) is 5.32 Å². The van der Waals surface area contributed by atoms with Crippen LogP contribution in [0.5, 0.6) is 0 Å². The van der Waals surface area contributed by atoms with Crippen molar-refractivity contribution in [3.8, 4) is 0 Å². The smallest absolute Gasteiger partial charge is 0.243 e. The van der Waals surface area contributed by atoms with Gasteiger partial charge in [0.2, 0.25) is 5.91 Å². The van der Waals surface area contributed by atoms with Crippen molar-refractivity contribution in [3.63, 3.8) is 0 Å². The van der Waals surface area contributed by atoms with Crippen LogP contribution in [0.2, 0.25) is 5.02 Å². The third kappa shape index (κ3) is 4.65. The number of hydrogen-bond donors (Lipinski definition) is 1. The first-order chi connectivity index (χ1) is 12.1. The maximum atomic E-state index is 12.8. The fourth-order valence-electron chi connectivity index (χ4n) is 2.36. The van der Waals surface area contributed by atoms with E-state index in [1.165, 1.54) is 11.8 Å². The van der Waals surface area contributed by atoms with E-state index >= 15 is 0 Å². The molecule has 0 saturated carbocycles. The largest absolute Gasteiger partial charge is 0.360 e. The van der Waals surface area contributed by atoms with Crippen LogP contribution in [0.3, 0.4) is 0 Å². The van der Waals surface area contributed by atoms with Crippen LogP contribution in [0, 0.1) is 6.92 Å². The zero-order chi connectivity index (χ0) is 17.6. The quantitative estimate of drug-likeness (QED) is 0.642. The molecule has 1 unspecified atom stereocenters. The third-order valence-electron chi connectivity index (χ3n) is 3.58. The molecular weight excluding hydrogens is 356 g/mol. The van der Waals surface area contributed by atoms with Gasteiger partial charge in [-0.1, -0.05) is 65.3 Å². The first-order valence-electron chi connectivity index (χ1n) is 7.77. The lowest BCUT2D eigenvalue weighted by Crippen LogP contribution is -2.19. The molecule has 0 spiro atoms. The number of hydrogen-bond acceptors (Lipinski definition) is 4. The van der Waals surface area contributed by atoms with Gasteiger partial charge in [0, 0.05) is 16.8 Å². The van der Waals surface area contributed by atoms with Crippen LogP contribution >= 0.6 is 23.4 Å². The third-order valence-corrected chi connectivity index (χ3v) is 5.25. The number of carbonyl (C=O) groups is 1. The summed E-state index contributed by atoms with van der Waals surface area (Å²) in [5.41, 5.74) is 1.93. The number of aromatic nitrogens is 1. The lowest BCUT2D eigenvalue weighted by atomic mass is 10.1. The molecule has 0 radical (unpaired) electrons. The molecule has 3 aromatic rings. The first-order valence-corrected chi connectivity index (χ1v) is 9.20. The van der Waals surface area contributed by atoms with E-state index in [1.807, 2.05) is 54.6 Å². The Morgan fingerprint density at radius 3 is 2.60 bits per heavy atom. The van der Waals surface area contributed by atoms with Crippen LogP contribution < -0.4 is 5.32 Å². The highest BCUT2D eigenvalue weighted by Gasteiger charge is 2.22. The normalized spacial score (nSPS) is 11.9. The summed E-state index contributed by atoms with van der Waals surface area (Å²) < 4.78 is 5.01. The van der Waals surface area contributed by atoms with Crippen LogP contribution in [-0.4, -0.2) is 11.1 Å².